The minimum atomic E-state index is -4.11. The molecule has 0 aromatic rings. The summed E-state index contributed by atoms with van der Waals surface area (Å²) in [4.78, 5) is 0. The van der Waals surface area contributed by atoms with E-state index in [1.807, 2.05) is 6.92 Å². The maximum Gasteiger partial charge on any atom is 0.401 e. The fourth-order valence-electron chi connectivity index (χ4n) is 1.44. The van der Waals surface area contributed by atoms with Gasteiger partial charge in [-0.15, -0.1) is 0 Å². The van der Waals surface area contributed by atoms with Crippen LogP contribution in [0.15, 0.2) is 0 Å². The summed E-state index contributed by atoms with van der Waals surface area (Å²) < 4.78 is 40.4. The lowest BCUT2D eigenvalue weighted by Crippen LogP contribution is -2.34. The van der Waals surface area contributed by atoms with Crippen LogP contribution in [0.5, 0.6) is 0 Å². The molecule has 0 aromatic heterocycles. The third-order valence-electron chi connectivity index (χ3n) is 2.27. The van der Waals surface area contributed by atoms with Crippen molar-refractivity contribution in [3.05, 3.63) is 0 Å². The molecule has 2 atom stereocenters. The minimum absolute atomic E-state index is 0.0840. The molecular formula is C8H14F3NO. The molecule has 2 unspecified atom stereocenters. The van der Waals surface area contributed by atoms with Gasteiger partial charge >= 0.3 is 6.18 Å². The van der Waals surface area contributed by atoms with E-state index in [1.165, 1.54) is 0 Å². The van der Waals surface area contributed by atoms with Gasteiger partial charge in [-0.25, -0.2) is 0 Å². The molecule has 1 N–H and O–H groups in total. The van der Waals surface area contributed by atoms with Crippen molar-refractivity contribution in [2.75, 3.05) is 19.7 Å². The van der Waals surface area contributed by atoms with Crippen LogP contribution in [0.2, 0.25) is 0 Å². The summed E-state index contributed by atoms with van der Waals surface area (Å²) in [5.74, 6) is 0.224. The second kappa shape index (κ2) is 4.28. The summed E-state index contributed by atoms with van der Waals surface area (Å²) >= 11 is 0. The first-order chi connectivity index (χ1) is 5.99. The van der Waals surface area contributed by atoms with Crippen LogP contribution in [0.1, 0.15) is 13.3 Å². The molecule has 78 valence electrons. The Balaban J connectivity index is 2.12. The van der Waals surface area contributed by atoms with Gasteiger partial charge in [0.25, 0.3) is 0 Å². The molecule has 0 amide bonds. The second-order valence-electron chi connectivity index (χ2n) is 3.37. The quantitative estimate of drug-likeness (QED) is 0.741. The summed E-state index contributed by atoms with van der Waals surface area (Å²) in [5.41, 5.74) is 0. The van der Waals surface area contributed by atoms with E-state index in [9.17, 15) is 13.2 Å². The van der Waals surface area contributed by atoms with Gasteiger partial charge in [0.1, 0.15) is 0 Å². The zero-order valence-electron chi connectivity index (χ0n) is 7.53. The van der Waals surface area contributed by atoms with E-state index in [-0.39, 0.29) is 12.0 Å². The molecule has 0 bridgehead atoms. The number of halogens is 3. The fourth-order valence-corrected chi connectivity index (χ4v) is 1.44. The number of hydrogen-bond donors (Lipinski definition) is 1. The first-order valence-corrected chi connectivity index (χ1v) is 4.38. The Bertz CT molecular complexity index is 160. The molecule has 1 aliphatic heterocycles. The van der Waals surface area contributed by atoms with E-state index in [0.717, 1.165) is 6.42 Å². The molecule has 13 heavy (non-hydrogen) atoms. The van der Waals surface area contributed by atoms with Crippen molar-refractivity contribution in [1.82, 2.24) is 5.32 Å². The monoisotopic (exact) mass is 197 g/mol. The Labute approximate surface area is 75.4 Å². The average molecular weight is 197 g/mol. The van der Waals surface area contributed by atoms with Gasteiger partial charge < -0.3 is 10.1 Å². The third-order valence-corrected chi connectivity index (χ3v) is 2.27. The number of alkyl halides is 3. The third kappa shape index (κ3) is 3.95. The van der Waals surface area contributed by atoms with Crippen molar-refractivity contribution in [2.45, 2.75) is 25.6 Å². The van der Waals surface area contributed by atoms with Crippen molar-refractivity contribution in [3.8, 4) is 0 Å². The Morgan fingerprint density at radius 2 is 2.15 bits per heavy atom. The smallest absolute Gasteiger partial charge is 0.378 e. The van der Waals surface area contributed by atoms with Gasteiger partial charge in [-0.2, -0.15) is 13.2 Å². The minimum Gasteiger partial charge on any atom is -0.378 e. The SMILES string of the molecule is CC1OCCC1CNCC(F)(F)F. The predicted octanol–water partition coefficient (Wildman–Crippen LogP) is 1.56. The predicted molar refractivity (Wildman–Crippen MR) is 42.4 cm³/mol. The number of nitrogens with one attached hydrogen (secondary N) is 1. The number of ether oxygens (including phenoxy) is 1. The Morgan fingerprint density at radius 3 is 2.62 bits per heavy atom. The van der Waals surface area contributed by atoms with E-state index >= 15 is 0 Å². The number of hydrogen-bond acceptors (Lipinski definition) is 2. The van der Waals surface area contributed by atoms with Crippen LogP contribution >= 0.6 is 0 Å². The lowest BCUT2D eigenvalue weighted by atomic mass is 10.0. The van der Waals surface area contributed by atoms with Crippen LogP contribution in [0, 0.1) is 5.92 Å². The molecule has 0 aromatic carbocycles. The van der Waals surface area contributed by atoms with Crippen molar-refractivity contribution >= 4 is 0 Å². The highest BCUT2D eigenvalue weighted by Gasteiger charge is 2.29. The molecular weight excluding hydrogens is 183 g/mol. The highest BCUT2D eigenvalue weighted by molar-refractivity contribution is 4.74. The van der Waals surface area contributed by atoms with Crippen LogP contribution in [-0.2, 0) is 4.74 Å². The number of rotatable bonds is 3. The summed E-state index contributed by atoms with van der Waals surface area (Å²) in [5, 5.41) is 2.39. The molecule has 5 heteroatoms. The first-order valence-electron chi connectivity index (χ1n) is 4.38. The van der Waals surface area contributed by atoms with E-state index in [0.29, 0.717) is 13.2 Å². The summed E-state index contributed by atoms with van der Waals surface area (Å²) in [7, 11) is 0. The van der Waals surface area contributed by atoms with Crippen LogP contribution in [0.25, 0.3) is 0 Å². The van der Waals surface area contributed by atoms with Crippen LogP contribution in [-0.4, -0.2) is 32.0 Å². The van der Waals surface area contributed by atoms with Crippen LogP contribution in [0.4, 0.5) is 13.2 Å². The van der Waals surface area contributed by atoms with Crippen molar-refractivity contribution in [1.29, 1.82) is 0 Å². The molecule has 1 fully saturated rings. The molecule has 2 nitrogen and oxygen atoms in total. The molecule has 1 rings (SSSR count). The van der Waals surface area contributed by atoms with Gasteiger partial charge in [0.05, 0.1) is 12.6 Å². The Kier molecular flexibility index (Phi) is 3.55. The second-order valence-corrected chi connectivity index (χ2v) is 3.37. The standard InChI is InChI=1S/C8H14F3NO/c1-6-7(2-3-13-6)4-12-5-8(9,10)11/h6-7,12H,2-5H2,1H3. The maximum absolute atomic E-state index is 11.7. The topological polar surface area (TPSA) is 21.3 Å². The summed E-state index contributed by atoms with van der Waals surface area (Å²) in [6, 6.07) is 0. The van der Waals surface area contributed by atoms with Crippen molar-refractivity contribution < 1.29 is 17.9 Å². The molecule has 0 spiro atoms. The first kappa shape index (κ1) is 10.8. The molecule has 0 aliphatic carbocycles. The lowest BCUT2D eigenvalue weighted by Gasteiger charge is -2.15. The zero-order valence-corrected chi connectivity index (χ0v) is 7.53. The van der Waals surface area contributed by atoms with Crippen molar-refractivity contribution in [2.24, 2.45) is 5.92 Å². The fraction of sp³-hybridized carbons (Fsp3) is 1.00. The highest BCUT2D eigenvalue weighted by Crippen LogP contribution is 2.20. The molecule has 0 saturated carbocycles. The molecule has 1 heterocycles. The summed E-state index contributed by atoms with van der Waals surface area (Å²) in [6.45, 7) is 2.05. The van der Waals surface area contributed by atoms with Gasteiger partial charge in [-0.3, -0.25) is 0 Å². The highest BCUT2D eigenvalue weighted by atomic mass is 19.4. The molecule has 1 aliphatic rings. The van der Waals surface area contributed by atoms with Crippen LogP contribution in [0.3, 0.4) is 0 Å². The van der Waals surface area contributed by atoms with Gasteiger partial charge in [-0.1, -0.05) is 0 Å². The molecule has 1 saturated heterocycles. The van der Waals surface area contributed by atoms with Gasteiger partial charge in [0, 0.05) is 13.2 Å². The van der Waals surface area contributed by atoms with Gasteiger partial charge in [0.15, 0.2) is 0 Å². The summed E-state index contributed by atoms with van der Waals surface area (Å²) in [6.07, 6.45) is -3.17. The van der Waals surface area contributed by atoms with E-state index in [4.69, 9.17) is 4.74 Å². The van der Waals surface area contributed by atoms with Gasteiger partial charge in [-0.05, 0) is 19.3 Å². The Hall–Kier alpha value is -0.290. The van der Waals surface area contributed by atoms with Gasteiger partial charge in [0.2, 0.25) is 0 Å². The van der Waals surface area contributed by atoms with Crippen LogP contribution < -0.4 is 5.32 Å². The van der Waals surface area contributed by atoms with E-state index in [2.05, 4.69) is 5.32 Å². The lowest BCUT2D eigenvalue weighted by molar-refractivity contribution is -0.125. The Morgan fingerprint density at radius 1 is 1.46 bits per heavy atom. The maximum atomic E-state index is 11.7. The average Bonchev–Trinajstić information content (AvgIpc) is 2.34. The zero-order chi connectivity index (χ0) is 9.90. The van der Waals surface area contributed by atoms with E-state index in [1.54, 1.807) is 0 Å². The normalized spacial score (nSPS) is 29.5. The largest absolute Gasteiger partial charge is 0.401 e. The van der Waals surface area contributed by atoms with E-state index < -0.39 is 12.7 Å². The molecule has 0 radical (unpaired) electrons. The van der Waals surface area contributed by atoms with Crippen molar-refractivity contribution in [3.63, 3.8) is 0 Å².